The van der Waals surface area contributed by atoms with E-state index in [4.69, 9.17) is 4.74 Å². The third-order valence-electron chi connectivity index (χ3n) is 6.13. The van der Waals surface area contributed by atoms with Crippen LogP contribution in [0.1, 0.15) is 51.5 Å². The van der Waals surface area contributed by atoms with E-state index in [1.165, 1.54) is 0 Å². The molecule has 0 spiro atoms. The second-order valence-electron chi connectivity index (χ2n) is 9.71. The van der Waals surface area contributed by atoms with Crippen LogP contribution in [0.2, 0.25) is 0 Å². The third-order valence-corrected chi connectivity index (χ3v) is 6.13. The lowest BCUT2D eigenvalue weighted by molar-refractivity contribution is -0.133. The number of hydrogen-bond donors (Lipinski definition) is 4. The zero-order valence-corrected chi connectivity index (χ0v) is 20.8. The van der Waals surface area contributed by atoms with E-state index in [0.717, 1.165) is 18.4 Å². The molecular weight excluding hydrogens is 446 g/mol. The predicted molar refractivity (Wildman–Crippen MR) is 133 cm³/mol. The van der Waals surface area contributed by atoms with Gasteiger partial charge in [-0.3, -0.25) is 14.4 Å². The van der Waals surface area contributed by atoms with Crippen LogP contribution in [0.15, 0.2) is 53.8 Å². The van der Waals surface area contributed by atoms with Crippen molar-refractivity contribution in [2.75, 3.05) is 7.11 Å². The Morgan fingerprint density at radius 2 is 1.80 bits per heavy atom. The summed E-state index contributed by atoms with van der Waals surface area (Å²) in [5.74, 6) is -0.481. The van der Waals surface area contributed by atoms with Gasteiger partial charge in [-0.25, -0.2) is 0 Å². The highest BCUT2D eigenvalue weighted by molar-refractivity contribution is 5.97. The number of nitrogens with one attached hydrogen (secondary N) is 3. The van der Waals surface area contributed by atoms with Crippen LogP contribution in [-0.4, -0.2) is 54.2 Å². The van der Waals surface area contributed by atoms with Crippen LogP contribution in [0, 0.1) is 5.92 Å². The molecule has 1 aromatic carbocycles. The summed E-state index contributed by atoms with van der Waals surface area (Å²) >= 11 is 0. The molecule has 35 heavy (non-hydrogen) atoms. The minimum atomic E-state index is -1.41. The Hall–Kier alpha value is -3.13. The van der Waals surface area contributed by atoms with Crippen LogP contribution >= 0.6 is 0 Å². The van der Waals surface area contributed by atoms with Gasteiger partial charge < -0.3 is 25.8 Å². The van der Waals surface area contributed by atoms with Crippen molar-refractivity contribution >= 4 is 17.7 Å². The number of carbonyl (C=O) groups is 3. The molecule has 190 valence electrons. The first-order chi connectivity index (χ1) is 16.8. The molecule has 4 N–H and O–H groups in total. The molecule has 0 heterocycles. The number of ether oxygens (including phenoxy) is 1. The predicted octanol–water partition coefficient (Wildman–Crippen LogP) is 2.13. The highest BCUT2D eigenvalue weighted by Gasteiger charge is 2.34. The van der Waals surface area contributed by atoms with Crippen LogP contribution in [-0.2, 0) is 25.5 Å². The largest absolute Gasteiger partial charge is 0.497 e. The fourth-order valence-electron chi connectivity index (χ4n) is 4.04. The quantitative estimate of drug-likeness (QED) is 0.363. The van der Waals surface area contributed by atoms with E-state index >= 15 is 0 Å². The van der Waals surface area contributed by atoms with Gasteiger partial charge >= 0.3 is 0 Å². The van der Waals surface area contributed by atoms with Gasteiger partial charge in [-0.1, -0.05) is 44.2 Å². The van der Waals surface area contributed by atoms with E-state index in [1.54, 1.807) is 13.2 Å². The number of carbonyl (C=O) groups excluding carboxylic acids is 3. The van der Waals surface area contributed by atoms with Crippen molar-refractivity contribution in [1.29, 1.82) is 0 Å². The molecule has 1 aromatic rings. The van der Waals surface area contributed by atoms with Gasteiger partial charge in [0.1, 0.15) is 11.8 Å². The van der Waals surface area contributed by atoms with Gasteiger partial charge in [0.2, 0.25) is 11.8 Å². The molecular formula is C27H37N3O5. The number of hydrogen-bond acceptors (Lipinski definition) is 5. The highest BCUT2D eigenvalue weighted by atomic mass is 16.5. The molecule has 0 radical (unpaired) electrons. The summed E-state index contributed by atoms with van der Waals surface area (Å²) in [4.78, 5) is 38.9. The second-order valence-corrected chi connectivity index (χ2v) is 9.71. The summed E-state index contributed by atoms with van der Waals surface area (Å²) < 4.78 is 5.24. The Morgan fingerprint density at radius 1 is 1.09 bits per heavy atom. The highest BCUT2D eigenvalue weighted by Crippen LogP contribution is 2.20. The number of aliphatic hydroxyl groups excluding tert-OH is 1. The van der Waals surface area contributed by atoms with Crippen molar-refractivity contribution in [3.63, 3.8) is 0 Å². The zero-order valence-electron chi connectivity index (χ0n) is 20.8. The average Bonchev–Trinajstić information content (AvgIpc) is 3.67. The van der Waals surface area contributed by atoms with Gasteiger partial charge in [0.05, 0.1) is 13.2 Å². The molecule has 3 amide bonds. The van der Waals surface area contributed by atoms with Gasteiger partial charge in [0, 0.05) is 11.6 Å². The molecule has 0 bridgehead atoms. The fraction of sp³-hybridized carbons (Fsp3) is 0.519. The smallest absolute Gasteiger partial charge is 0.251 e. The van der Waals surface area contributed by atoms with Gasteiger partial charge in [0.25, 0.3) is 5.91 Å². The van der Waals surface area contributed by atoms with Gasteiger partial charge in [-0.05, 0) is 62.2 Å². The van der Waals surface area contributed by atoms with Crippen LogP contribution in [0.4, 0.5) is 0 Å². The summed E-state index contributed by atoms with van der Waals surface area (Å²) in [6, 6.07) is 7.83. The Bertz CT molecular complexity index is 953. The zero-order chi connectivity index (χ0) is 25.4. The van der Waals surface area contributed by atoms with E-state index in [2.05, 4.69) is 16.0 Å². The summed E-state index contributed by atoms with van der Waals surface area (Å²) in [5, 5.41) is 19.3. The molecule has 2 unspecified atom stereocenters. The van der Waals surface area contributed by atoms with E-state index in [1.807, 2.05) is 50.3 Å². The van der Waals surface area contributed by atoms with Gasteiger partial charge in [-0.15, -0.1) is 0 Å². The van der Waals surface area contributed by atoms with E-state index in [-0.39, 0.29) is 24.3 Å². The second kappa shape index (κ2) is 12.5. The van der Waals surface area contributed by atoms with Crippen molar-refractivity contribution in [3.8, 4) is 0 Å². The Kier molecular flexibility index (Phi) is 9.48. The standard InChI is InChI=1S/C27H37N3O5/c1-17(2)14-23(30-25(32)19-10-7-11-21(16-19)35-3)26(33)29-22(15-18-8-5-4-6-9-18)24(31)27(34)28-20-12-13-20/h4-6,8-9,11,16-17,20,22-24,31H,7,10,12-15H2,1-3H3,(H,28,34)(H,29,33)(H,30,32)/t22-,23?,24?/m1/s1. The number of allylic oxidation sites excluding steroid dienone is 2. The third kappa shape index (κ3) is 8.24. The molecule has 2 aliphatic rings. The molecule has 0 aliphatic heterocycles. The normalized spacial score (nSPS) is 18.0. The maximum Gasteiger partial charge on any atom is 0.251 e. The SMILES string of the molecule is COC1=CCCC(C(=O)NC(CC(C)C)C(=O)N[C@H](Cc2ccccc2)C(O)C(=O)NC2CC2)=C1. The first-order valence-corrected chi connectivity index (χ1v) is 12.3. The average molecular weight is 484 g/mol. The van der Waals surface area contributed by atoms with Crippen molar-refractivity contribution in [2.45, 2.75) is 76.6 Å². The van der Waals surface area contributed by atoms with Crippen molar-refractivity contribution in [3.05, 3.63) is 59.4 Å². The lowest BCUT2D eigenvalue weighted by atomic mass is 9.97. The van der Waals surface area contributed by atoms with Crippen molar-refractivity contribution < 1.29 is 24.2 Å². The number of benzene rings is 1. The number of rotatable bonds is 12. The van der Waals surface area contributed by atoms with Crippen LogP contribution in [0.3, 0.4) is 0 Å². The molecule has 3 rings (SSSR count). The number of methoxy groups -OCH3 is 1. The molecule has 8 nitrogen and oxygen atoms in total. The lowest BCUT2D eigenvalue weighted by Crippen LogP contribution is -2.56. The Balaban J connectivity index is 1.73. The fourth-order valence-corrected chi connectivity index (χ4v) is 4.04. The summed E-state index contributed by atoms with van der Waals surface area (Å²) in [5.41, 5.74) is 1.43. The van der Waals surface area contributed by atoms with Crippen molar-refractivity contribution in [1.82, 2.24) is 16.0 Å². The monoisotopic (exact) mass is 483 g/mol. The van der Waals surface area contributed by atoms with Crippen LogP contribution in [0.5, 0.6) is 0 Å². The minimum Gasteiger partial charge on any atom is -0.497 e. The summed E-state index contributed by atoms with van der Waals surface area (Å²) in [6.45, 7) is 3.94. The topological polar surface area (TPSA) is 117 Å². The number of amides is 3. The van der Waals surface area contributed by atoms with E-state index in [0.29, 0.717) is 30.6 Å². The Morgan fingerprint density at radius 3 is 2.43 bits per heavy atom. The van der Waals surface area contributed by atoms with E-state index in [9.17, 15) is 19.5 Å². The number of aliphatic hydroxyl groups is 1. The molecule has 1 saturated carbocycles. The molecule has 0 saturated heterocycles. The minimum absolute atomic E-state index is 0.0908. The lowest BCUT2D eigenvalue weighted by Gasteiger charge is -2.27. The maximum absolute atomic E-state index is 13.4. The first-order valence-electron chi connectivity index (χ1n) is 12.3. The molecule has 8 heteroatoms. The van der Waals surface area contributed by atoms with Crippen LogP contribution in [0.25, 0.3) is 0 Å². The van der Waals surface area contributed by atoms with Gasteiger partial charge in [-0.2, -0.15) is 0 Å². The molecule has 3 atom stereocenters. The van der Waals surface area contributed by atoms with E-state index < -0.39 is 30.0 Å². The Labute approximate surface area is 207 Å². The first kappa shape index (κ1) is 26.5. The van der Waals surface area contributed by atoms with Crippen molar-refractivity contribution in [2.24, 2.45) is 5.92 Å². The maximum atomic E-state index is 13.4. The van der Waals surface area contributed by atoms with Crippen LogP contribution < -0.4 is 16.0 Å². The molecule has 2 aliphatic carbocycles. The molecule has 0 aromatic heterocycles. The summed E-state index contributed by atoms with van der Waals surface area (Å²) in [6.07, 6.45) is 5.92. The summed E-state index contributed by atoms with van der Waals surface area (Å²) in [7, 11) is 1.55. The van der Waals surface area contributed by atoms with Gasteiger partial charge in [0.15, 0.2) is 6.10 Å². The molecule has 1 fully saturated rings.